The molecule has 1 aromatic heterocycles. The molecule has 0 fully saturated rings. The lowest BCUT2D eigenvalue weighted by Crippen LogP contribution is -2.26. The number of nitrogens with one attached hydrogen (secondary N) is 1. The summed E-state index contributed by atoms with van der Waals surface area (Å²) >= 11 is 3.45. The van der Waals surface area contributed by atoms with Crippen LogP contribution in [0.3, 0.4) is 0 Å². The second-order valence-corrected chi connectivity index (χ2v) is 7.89. The first-order valence-corrected chi connectivity index (χ1v) is 10.3. The van der Waals surface area contributed by atoms with Gasteiger partial charge in [0.15, 0.2) is 5.16 Å². The second kappa shape index (κ2) is 9.34. The molecule has 8 heteroatoms. The molecule has 1 amide bonds. The first-order chi connectivity index (χ1) is 13.1. The standard InChI is InChI=1S/C19H18IN3O3S/c1-26-11-10-23-18(25)15-4-2-3-5-16(15)22-19(23)27-12-17(24)21-14-8-6-13(20)7-9-14/h2-9H,10-12H2,1H3,(H,21,24). The fourth-order valence-electron chi connectivity index (χ4n) is 2.50. The molecule has 2 aromatic carbocycles. The highest BCUT2D eigenvalue weighted by Crippen LogP contribution is 2.19. The third-order valence-corrected chi connectivity index (χ3v) is 5.50. The van der Waals surface area contributed by atoms with Gasteiger partial charge in [-0.1, -0.05) is 23.9 Å². The Bertz CT molecular complexity index is 1010. The van der Waals surface area contributed by atoms with Crippen LogP contribution in [-0.2, 0) is 16.1 Å². The molecule has 1 N–H and O–H groups in total. The molecule has 0 saturated carbocycles. The minimum Gasteiger partial charge on any atom is -0.383 e. The average Bonchev–Trinajstić information content (AvgIpc) is 2.68. The number of carbonyl (C=O) groups excluding carboxylic acids is 1. The number of amides is 1. The smallest absolute Gasteiger partial charge is 0.262 e. The quantitative estimate of drug-likeness (QED) is 0.309. The van der Waals surface area contributed by atoms with Crippen molar-refractivity contribution in [3.63, 3.8) is 0 Å². The summed E-state index contributed by atoms with van der Waals surface area (Å²) in [4.78, 5) is 29.6. The average molecular weight is 495 g/mol. The van der Waals surface area contributed by atoms with Crippen LogP contribution in [0.5, 0.6) is 0 Å². The fraction of sp³-hybridized carbons (Fsp3) is 0.211. The summed E-state index contributed by atoms with van der Waals surface area (Å²) < 4.78 is 7.77. The van der Waals surface area contributed by atoms with Crippen molar-refractivity contribution in [2.75, 3.05) is 24.8 Å². The molecule has 6 nitrogen and oxygen atoms in total. The molecular formula is C19H18IN3O3S. The van der Waals surface area contributed by atoms with Crippen molar-refractivity contribution < 1.29 is 9.53 Å². The van der Waals surface area contributed by atoms with Gasteiger partial charge >= 0.3 is 0 Å². The van der Waals surface area contributed by atoms with E-state index in [1.54, 1.807) is 23.8 Å². The van der Waals surface area contributed by atoms with Gasteiger partial charge in [0.1, 0.15) is 0 Å². The number of aromatic nitrogens is 2. The Kier molecular flexibility index (Phi) is 6.86. The van der Waals surface area contributed by atoms with Crippen LogP contribution in [-0.4, -0.2) is 34.9 Å². The van der Waals surface area contributed by atoms with E-state index < -0.39 is 0 Å². The first kappa shape index (κ1) is 19.8. The van der Waals surface area contributed by atoms with Gasteiger partial charge < -0.3 is 10.1 Å². The van der Waals surface area contributed by atoms with E-state index in [0.29, 0.717) is 29.2 Å². The van der Waals surface area contributed by atoms with Gasteiger partial charge in [-0.2, -0.15) is 0 Å². The minimum absolute atomic E-state index is 0.127. The summed E-state index contributed by atoms with van der Waals surface area (Å²) in [5.74, 6) is 0.00549. The van der Waals surface area contributed by atoms with Crippen LogP contribution in [0.1, 0.15) is 0 Å². The summed E-state index contributed by atoms with van der Waals surface area (Å²) in [6, 6.07) is 14.8. The molecular weight excluding hydrogens is 477 g/mol. The fourth-order valence-corrected chi connectivity index (χ4v) is 3.68. The molecule has 3 rings (SSSR count). The maximum atomic E-state index is 12.8. The molecule has 0 atom stereocenters. The van der Waals surface area contributed by atoms with Crippen molar-refractivity contribution in [2.24, 2.45) is 0 Å². The normalized spacial score (nSPS) is 10.9. The van der Waals surface area contributed by atoms with Gasteiger partial charge in [-0.3, -0.25) is 14.2 Å². The van der Waals surface area contributed by atoms with Crippen molar-refractivity contribution in [3.8, 4) is 0 Å². The van der Waals surface area contributed by atoms with Gasteiger partial charge in [0.2, 0.25) is 5.91 Å². The number of fused-ring (bicyclic) bond motifs is 1. The lowest BCUT2D eigenvalue weighted by molar-refractivity contribution is -0.113. The number of hydrogen-bond acceptors (Lipinski definition) is 5. The van der Waals surface area contributed by atoms with Gasteiger partial charge in [0, 0.05) is 16.4 Å². The number of methoxy groups -OCH3 is 1. The van der Waals surface area contributed by atoms with E-state index in [1.807, 2.05) is 36.4 Å². The Morgan fingerprint density at radius 2 is 1.96 bits per heavy atom. The molecule has 27 heavy (non-hydrogen) atoms. The van der Waals surface area contributed by atoms with Crippen molar-refractivity contribution in [2.45, 2.75) is 11.7 Å². The van der Waals surface area contributed by atoms with E-state index in [-0.39, 0.29) is 17.2 Å². The number of hydrogen-bond donors (Lipinski definition) is 1. The van der Waals surface area contributed by atoms with Crippen LogP contribution in [0.2, 0.25) is 0 Å². The molecule has 0 aliphatic rings. The number of benzene rings is 2. The molecule has 0 aliphatic carbocycles. The Morgan fingerprint density at radius 1 is 1.22 bits per heavy atom. The molecule has 1 heterocycles. The lowest BCUT2D eigenvalue weighted by atomic mass is 10.2. The van der Waals surface area contributed by atoms with E-state index in [0.717, 1.165) is 9.26 Å². The number of halogens is 1. The predicted octanol–water partition coefficient (Wildman–Crippen LogP) is 3.38. The molecule has 0 unspecified atom stereocenters. The largest absolute Gasteiger partial charge is 0.383 e. The summed E-state index contributed by atoms with van der Waals surface area (Å²) in [6.07, 6.45) is 0. The number of ether oxygens (including phenoxy) is 1. The SMILES string of the molecule is COCCn1c(SCC(=O)Nc2ccc(I)cc2)nc2ccccc2c1=O. The highest BCUT2D eigenvalue weighted by atomic mass is 127. The summed E-state index contributed by atoms with van der Waals surface area (Å²) in [5.41, 5.74) is 1.24. The zero-order valence-corrected chi connectivity index (χ0v) is 17.6. The number of thioether (sulfide) groups is 1. The monoisotopic (exact) mass is 495 g/mol. The summed E-state index contributed by atoms with van der Waals surface area (Å²) in [5, 5.41) is 3.92. The molecule has 0 radical (unpaired) electrons. The number of anilines is 1. The molecule has 3 aromatic rings. The third-order valence-electron chi connectivity index (χ3n) is 3.81. The Balaban J connectivity index is 1.79. The van der Waals surface area contributed by atoms with E-state index >= 15 is 0 Å². The summed E-state index contributed by atoms with van der Waals surface area (Å²) in [6.45, 7) is 0.774. The highest BCUT2D eigenvalue weighted by molar-refractivity contribution is 14.1. The van der Waals surface area contributed by atoms with E-state index in [4.69, 9.17) is 4.74 Å². The first-order valence-electron chi connectivity index (χ1n) is 8.25. The van der Waals surface area contributed by atoms with Gasteiger partial charge in [-0.15, -0.1) is 0 Å². The molecule has 0 spiro atoms. The van der Waals surface area contributed by atoms with Gasteiger partial charge in [0.25, 0.3) is 5.56 Å². The number of rotatable bonds is 7. The van der Waals surface area contributed by atoms with Gasteiger partial charge in [-0.05, 0) is 59.0 Å². The number of nitrogens with zero attached hydrogens (tertiary/aromatic N) is 2. The Morgan fingerprint density at radius 3 is 2.70 bits per heavy atom. The Labute approximate surface area is 174 Å². The number of para-hydroxylation sites is 1. The predicted molar refractivity (Wildman–Crippen MR) is 116 cm³/mol. The van der Waals surface area contributed by atoms with E-state index in [9.17, 15) is 9.59 Å². The zero-order valence-electron chi connectivity index (χ0n) is 14.6. The van der Waals surface area contributed by atoms with E-state index in [1.165, 1.54) is 11.8 Å². The second-order valence-electron chi connectivity index (χ2n) is 5.70. The number of carbonyl (C=O) groups is 1. The Hall–Kier alpha value is -1.91. The molecule has 140 valence electrons. The maximum absolute atomic E-state index is 12.8. The van der Waals surface area contributed by atoms with Crippen LogP contribution in [0, 0.1) is 3.57 Å². The highest BCUT2D eigenvalue weighted by Gasteiger charge is 2.13. The minimum atomic E-state index is -0.151. The third kappa shape index (κ3) is 5.08. The topological polar surface area (TPSA) is 73.2 Å². The van der Waals surface area contributed by atoms with Crippen LogP contribution >= 0.6 is 34.4 Å². The van der Waals surface area contributed by atoms with Crippen molar-refractivity contribution in [1.82, 2.24) is 9.55 Å². The molecule has 0 aliphatic heterocycles. The zero-order chi connectivity index (χ0) is 19.2. The van der Waals surface area contributed by atoms with Crippen molar-refractivity contribution in [3.05, 3.63) is 62.5 Å². The van der Waals surface area contributed by atoms with E-state index in [2.05, 4.69) is 32.9 Å². The summed E-state index contributed by atoms with van der Waals surface area (Å²) in [7, 11) is 1.58. The van der Waals surface area contributed by atoms with Gasteiger partial charge in [0.05, 0.1) is 29.8 Å². The van der Waals surface area contributed by atoms with Crippen molar-refractivity contribution in [1.29, 1.82) is 0 Å². The maximum Gasteiger partial charge on any atom is 0.262 e. The van der Waals surface area contributed by atoms with Gasteiger partial charge in [-0.25, -0.2) is 4.98 Å². The molecule has 0 saturated heterocycles. The lowest BCUT2D eigenvalue weighted by Gasteiger charge is -2.12. The van der Waals surface area contributed by atoms with Crippen molar-refractivity contribution >= 4 is 56.9 Å². The van der Waals surface area contributed by atoms with Crippen LogP contribution in [0.4, 0.5) is 5.69 Å². The van der Waals surface area contributed by atoms with Crippen LogP contribution in [0.25, 0.3) is 10.9 Å². The molecule has 0 bridgehead atoms. The van der Waals surface area contributed by atoms with Crippen LogP contribution in [0.15, 0.2) is 58.5 Å². The van der Waals surface area contributed by atoms with Crippen LogP contribution < -0.4 is 10.9 Å².